The number of imidazole rings is 1. The van der Waals surface area contributed by atoms with Crippen molar-refractivity contribution in [2.45, 2.75) is 6.61 Å². The Hall–Kier alpha value is -3.25. The molecule has 1 aromatic heterocycles. The zero-order valence-corrected chi connectivity index (χ0v) is 17.1. The van der Waals surface area contributed by atoms with E-state index < -0.39 is 0 Å². The predicted molar refractivity (Wildman–Crippen MR) is 112 cm³/mol. The van der Waals surface area contributed by atoms with Crippen LogP contribution in [0.1, 0.15) is 21.7 Å². The van der Waals surface area contributed by atoms with Crippen LogP contribution in [0.25, 0.3) is 6.08 Å². The lowest BCUT2D eigenvalue weighted by atomic mass is 10.1. The highest BCUT2D eigenvalue weighted by Crippen LogP contribution is 2.36. The standard InChI is InChI=1S/C22H21ClN2O4/c1-25-11-10-24-21(25)14-29-17-7-5-16(6-8-17)19(26)9-4-15-12-18(23)22(28-3)20(13-15)27-2/h4-13H,14H2,1-3H3/b9-4+. The largest absolute Gasteiger partial charge is 0.493 e. The molecule has 0 saturated carbocycles. The third kappa shape index (κ3) is 4.97. The van der Waals surface area contributed by atoms with E-state index in [1.54, 1.807) is 48.7 Å². The summed E-state index contributed by atoms with van der Waals surface area (Å²) in [6, 6.07) is 10.4. The van der Waals surface area contributed by atoms with Crippen molar-refractivity contribution in [2.75, 3.05) is 14.2 Å². The Kier molecular flexibility index (Phi) is 6.57. The molecule has 2 aromatic carbocycles. The highest BCUT2D eigenvalue weighted by Gasteiger charge is 2.10. The van der Waals surface area contributed by atoms with Crippen molar-refractivity contribution >= 4 is 23.5 Å². The van der Waals surface area contributed by atoms with Crippen LogP contribution in [0.4, 0.5) is 0 Å². The molecule has 0 fully saturated rings. The number of hydrogen-bond acceptors (Lipinski definition) is 5. The SMILES string of the molecule is COc1cc(/C=C/C(=O)c2ccc(OCc3nccn3C)cc2)cc(Cl)c1OC. The molecule has 0 amide bonds. The average molecular weight is 413 g/mol. The van der Waals surface area contributed by atoms with Gasteiger partial charge in [0.1, 0.15) is 18.2 Å². The summed E-state index contributed by atoms with van der Waals surface area (Å²) in [6.45, 7) is 0.358. The summed E-state index contributed by atoms with van der Waals surface area (Å²) in [7, 11) is 4.96. The first kappa shape index (κ1) is 20.5. The van der Waals surface area contributed by atoms with Crippen LogP contribution >= 0.6 is 11.6 Å². The maximum atomic E-state index is 12.5. The molecule has 0 N–H and O–H groups in total. The average Bonchev–Trinajstić information content (AvgIpc) is 3.15. The molecule has 0 aliphatic heterocycles. The second-order valence-electron chi connectivity index (χ2n) is 6.20. The molecule has 3 aromatic rings. The number of carbonyl (C=O) groups is 1. The molecule has 150 valence electrons. The Labute approximate surface area is 174 Å². The van der Waals surface area contributed by atoms with E-state index in [2.05, 4.69) is 4.98 Å². The molecule has 0 unspecified atom stereocenters. The molecule has 29 heavy (non-hydrogen) atoms. The number of aromatic nitrogens is 2. The predicted octanol–water partition coefficient (Wildman–Crippen LogP) is 4.57. The maximum Gasteiger partial charge on any atom is 0.185 e. The fraction of sp³-hybridized carbons (Fsp3) is 0.182. The van der Waals surface area contributed by atoms with E-state index in [-0.39, 0.29) is 5.78 Å². The molecule has 0 aliphatic carbocycles. The Morgan fingerprint density at radius 2 is 1.93 bits per heavy atom. The summed E-state index contributed by atoms with van der Waals surface area (Å²) in [6.07, 6.45) is 6.75. The molecule has 0 radical (unpaired) electrons. The van der Waals surface area contributed by atoms with Crippen LogP contribution in [-0.4, -0.2) is 29.6 Å². The smallest absolute Gasteiger partial charge is 0.185 e. The Balaban J connectivity index is 1.66. The van der Waals surface area contributed by atoms with Gasteiger partial charge in [-0.25, -0.2) is 4.98 Å². The zero-order chi connectivity index (χ0) is 20.8. The fourth-order valence-corrected chi connectivity index (χ4v) is 3.00. The molecule has 0 aliphatic rings. The fourth-order valence-electron chi connectivity index (χ4n) is 2.70. The molecule has 6 nitrogen and oxygen atoms in total. The van der Waals surface area contributed by atoms with Crippen LogP contribution < -0.4 is 14.2 Å². The van der Waals surface area contributed by atoms with Gasteiger partial charge in [0.25, 0.3) is 0 Å². The van der Waals surface area contributed by atoms with Crippen molar-refractivity contribution in [1.82, 2.24) is 9.55 Å². The van der Waals surface area contributed by atoms with Gasteiger partial charge >= 0.3 is 0 Å². The lowest BCUT2D eigenvalue weighted by molar-refractivity contribution is 0.104. The molecule has 3 rings (SSSR count). The van der Waals surface area contributed by atoms with Crippen molar-refractivity contribution in [2.24, 2.45) is 7.05 Å². The first-order valence-corrected chi connectivity index (χ1v) is 9.22. The van der Waals surface area contributed by atoms with E-state index in [0.29, 0.717) is 34.4 Å². The zero-order valence-electron chi connectivity index (χ0n) is 16.4. The van der Waals surface area contributed by atoms with E-state index in [1.807, 2.05) is 17.8 Å². The third-order valence-electron chi connectivity index (χ3n) is 4.31. The van der Waals surface area contributed by atoms with Gasteiger partial charge in [0.15, 0.2) is 17.3 Å². The summed E-state index contributed by atoms with van der Waals surface area (Å²) >= 11 is 6.20. The summed E-state index contributed by atoms with van der Waals surface area (Å²) in [5, 5.41) is 0.410. The summed E-state index contributed by atoms with van der Waals surface area (Å²) in [5.74, 6) is 2.31. The number of aryl methyl sites for hydroxylation is 1. The Morgan fingerprint density at radius 3 is 2.55 bits per heavy atom. The van der Waals surface area contributed by atoms with Crippen LogP contribution in [0.15, 0.2) is 54.9 Å². The lowest BCUT2D eigenvalue weighted by Crippen LogP contribution is -2.03. The van der Waals surface area contributed by atoms with Crippen LogP contribution in [-0.2, 0) is 13.7 Å². The van der Waals surface area contributed by atoms with Crippen LogP contribution in [0.2, 0.25) is 5.02 Å². The topological polar surface area (TPSA) is 62.6 Å². The van der Waals surface area contributed by atoms with Gasteiger partial charge in [0.2, 0.25) is 0 Å². The minimum atomic E-state index is -0.133. The van der Waals surface area contributed by atoms with Gasteiger partial charge in [-0.3, -0.25) is 4.79 Å². The quantitative estimate of drug-likeness (QED) is 0.400. The molecule has 1 heterocycles. The van der Waals surface area contributed by atoms with Crippen molar-refractivity contribution < 1.29 is 19.0 Å². The molecule has 0 saturated heterocycles. The normalized spacial score (nSPS) is 10.9. The van der Waals surface area contributed by atoms with E-state index >= 15 is 0 Å². The van der Waals surface area contributed by atoms with Crippen molar-refractivity contribution in [1.29, 1.82) is 0 Å². The van der Waals surface area contributed by atoms with Crippen molar-refractivity contribution in [3.8, 4) is 17.2 Å². The molecule has 0 atom stereocenters. The number of allylic oxidation sites excluding steroid dienone is 1. The minimum Gasteiger partial charge on any atom is -0.493 e. The van der Waals surface area contributed by atoms with Crippen molar-refractivity contribution in [3.63, 3.8) is 0 Å². The minimum absolute atomic E-state index is 0.133. The number of ketones is 1. The van der Waals surface area contributed by atoms with Gasteiger partial charge in [0, 0.05) is 25.0 Å². The van der Waals surface area contributed by atoms with E-state index in [1.165, 1.54) is 20.3 Å². The Morgan fingerprint density at radius 1 is 1.17 bits per heavy atom. The van der Waals surface area contributed by atoms with Gasteiger partial charge < -0.3 is 18.8 Å². The van der Waals surface area contributed by atoms with Crippen LogP contribution in [0, 0.1) is 0 Å². The second kappa shape index (κ2) is 9.30. The summed E-state index contributed by atoms with van der Waals surface area (Å²) in [4.78, 5) is 16.7. The first-order chi connectivity index (χ1) is 14.0. The second-order valence-corrected chi connectivity index (χ2v) is 6.61. The number of hydrogen-bond donors (Lipinski definition) is 0. The summed E-state index contributed by atoms with van der Waals surface area (Å²) < 4.78 is 18.1. The number of nitrogens with zero attached hydrogens (tertiary/aromatic N) is 2. The van der Waals surface area contributed by atoms with Gasteiger partial charge in [-0.1, -0.05) is 17.7 Å². The molecular weight excluding hydrogens is 392 g/mol. The third-order valence-corrected chi connectivity index (χ3v) is 4.59. The van der Waals surface area contributed by atoms with Gasteiger partial charge in [-0.15, -0.1) is 0 Å². The molecule has 0 bridgehead atoms. The van der Waals surface area contributed by atoms with E-state index in [0.717, 1.165) is 11.4 Å². The number of rotatable bonds is 8. The number of ether oxygens (including phenoxy) is 3. The maximum absolute atomic E-state index is 12.5. The summed E-state index contributed by atoms with van der Waals surface area (Å²) in [5.41, 5.74) is 1.29. The molecule has 7 heteroatoms. The number of methoxy groups -OCH3 is 2. The first-order valence-electron chi connectivity index (χ1n) is 8.85. The van der Waals surface area contributed by atoms with E-state index in [9.17, 15) is 4.79 Å². The monoisotopic (exact) mass is 412 g/mol. The van der Waals surface area contributed by atoms with Gasteiger partial charge in [0.05, 0.1) is 19.2 Å². The Bertz CT molecular complexity index is 1030. The van der Waals surface area contributed by atoms with Crippen LogP contribution in [0.5, 0.6) is 17.2 Å². The highest BCUT2D eigenvalue weighted by atomic mass is 35.5. The lowest BCUT2D eigenvalue weighted by Gasteiger charge is -2.10. The molecular formula is C22H21ClN2O4. The van der Waals surface area contributed by atoms with Gasteiger partial charge in [-0.2, -0.15) is 0 Å². The van der Waals surface area contributed by atoms with Crippen molar-refractivity contribution in [3.05, 3.63) is 76.8 Å². The van der Waals surface area contributed by atoms with Crippen LogP contribution in [0.3, 0.4) is 0 Å². The molecule has 0 spiro atoms. The van der Waals surface area contributed by atoms with Gasteiger partial charge in [-0.05, 0) is 48.0 Å². The van der Waals surface area contributed by atoms with E-state index in [4.69, 9.17) is 25.8 Å². The highest BCUT2D eigenvalue weighted by molar-refractivity contribution is 6.32. The number of benzene rings is 2. The number of halogens is 1. The number of carbonyl (C=O) groups excluding carboxylic acids is 1.